The Balaban J connectivity index is 0. The van der Waals surface area contributed by atoms with Gasteiger partial charge in [-0.05, 0) is 107 Å². The molecule has 9 unspecified atom stereocenters. The average Bonchev–Trinajstić information content (AvgIpc) is 3.19. The Hall–Kier alpha value is 0.0965. The molecule has 69 heavy (non-hydrogen) atoms. The first kappa shape index (κ1) is 69.1. The average molecular weight is 1070 g/mol. The summed E-state index contributed by atoms with van der Waals surface area (Å²) in [4.78, 5) is 71.3. The van der Waals surface area contributed by atoms with Crippen LogP contribution in [0.4, 0.5) is 0 Å². The Labute approximate surface area is 502 Å². The van der Waals surface area contributed by atoms with Gasteiger partial charge in [-0.2, -0.15) is 4.79 Å². The van der Waals surface area contributed by atoms with E-state index in [1.807, 2.05) is 0 Å². The van der Waals surface area contributed by atoms with Crippen molar-refractivity contribution in [3.8, 4) is 24.7 Å². The van der Waals surface area contributed by atoms with Crippen LogP contribution in [-0.2, 0) is 47.1 Å². The van der Waals surface area contributed by atoms with Crippen LogP contribution in [0.2, 0.25) is 36.3 Å². The van der Waals surface area contributed by atoms with Crippen LogP contribution < -0.4 is 108 Å². The maximum atomic E-state index is 12.1. The van der Waals surface area contributed by atoms with Crippen molar-refractivity contribution in [3.05, 3.63) is 5.53 Å². The van der Waals surface area contributed by atoms with Crippen molar-refractivity contribution in [2.45, 2.75) is 199 Å². The number of rotatable bonds is 11. The molecule has 0 spiro atoms. The Morgan fingerprint density at radius 1 is 0.797 bits per heavy atom. The Morgan fingerprint density at radius 2 is 1.14 bits per heavy atom. The number of ketones is 4. The minimum atomic E-state index is -2.68. The van der Waals surface area contributed by atoms with E-state index in [4.69, 9.17) is 37.3 Å². The van der Waals surface area contributed by atoms with Gasteiger partial charge in [0, 0.05) is 79.4 Å². The van der Waals surface area contributed by atoms with Crippen molar-refractivity contribution in [1.82, 2.24) is 0 Å². The van der Waals surface area contributed by atoms with E-state index >= 15 is 0 Å². The normalized spacial score (nSPS) is 29.8. The maximum Gasteiger partial charge on any atom is 1.00 e. The molecule has 9 aliphatic rings. The fraction of sp³-hybridized carbons (Fsp3) is 0.780. The van der Waals surface area contributed by atoms with Gasteiger partial charge in [-0.15, -0.1) is 24.7 Å². The molecule has 0 aliphatic heterocycles. The molecule has 9 rings (SSSR count). The van der Waals surface area contributed by atoms with Crippen LogP contribution in [0.3, 0.4) is 0 Å². The zero-order chi connectivity index (χ0) is 51.6. The Kier molecular flexibility index (Phi) is 28.3. The third-order valence-electron chi connectivity index (χ3n) is 16.3. The van der Waals surface area contributed by atoms with Crippen LogP contribution in [0.25, 0.3) is 5.53 Å². The number of carbonyl (C=O) groups is 6. The summed E-state index contributed by atoms with van der Waals surface area (Å²) in [6.07, 6.45) is 23.4. The summed E-state index contributed by atoms with van der Waals surface area (Å²) < 4.78 is 24.4. The number of hydrogen-bond acceptors (Lipinski definition) is 12. The zero-order valence-corrected chi connectivity index (χ0v) is 53.8. The number of fused-ring (bicyclic) bond motifs is 9. The van der Waals surface area contributed by atoms with Gasteiger partial charge >= 0.3 is 108 Å². The minimum Gasteiger partial charge on any atom is -1.00 e. The number of terminal acetylenes is 2. The minimum absolute atomic E-state index is 0. The van der Waals surface area contributed by atoms with E-state index in [0.29, 0.717) is 62.3 Å². The van der Waals surface area contributed by atoms with Gasteiger partial charge in [0.05, 0.1) is 18.3 Å². The van der Waals surface area contributed by atoms with Gasteiger partial charge in [0.1, 0.15) is 23.6 Å². The van der Waals surface area contributed by atoms with Gasteiger partial charge in [0.2, 0.25) is 5.78 Å². The van der Waals surface area contributed by atoms with Crippen LogP contribution in [-0.4, -0.2) is 99.5 Å². The topological polar surface area (TPSA) is 227 Å². The summed E-state index contributed by atoms with van der Waals surface area (Å²) >= 11 is 0. The van der Waals surface area contributed by atoms with E-state index in [0.717, 1.165) is 57.7 Å². The summed E-state index contributed by atoms with van der Waals surface area (Å²) in [5, 5.41) is 18.6. The third kappa shape index (κ3) is 18.1. The molecule has 14 nitrogen and oxygen atoms in total. The molecule has 0 aromatic rings. The van der Waals surface area contributed by atoms with Crippen LogP contribution in [0.15, 0.2) is 0 Å². The predicted molar refractivity (Wildman–Crippen MR) is 263 cm³/mol. The van der Waals surface area contributed by atoms with Crippen LogP contribution >= 0.6 is 7.14 Å². The second-order valence-electron chi connectivity index (χ2n) is 23.3. The van der Waals surface area contributed by atoms with Crippen molar-refractivity contribution in [2.75, 3.05) is 13.3 Å². The summed E-state index contributed by atoms with van der Waals surface area (Å²) in [5.41, 5.74) is 7.46. The molecule has 0 saturated heterocycles. The molecule has 9 aliphatic carbocycles. The number of aliphatic hydroxyl groups excluding tert-OH is 1. The molecule has 0 aromatic heterocycles. The molecule has 0 heterocycles. The second kappa shape index (κ2) is 28.3. The Morgan fingerprint density at radius 3 is 1.45 bits per heavy atom. The van der Waals surface area contributed by atoms with E-state index in [9.17, 15) is 33.6 Å². The molecule has 9 atom stereocenters. The van der Waals surface area contributed by atoms with Gasteiger partial charge in [0.15, 0.2) is 23.8 Å². The van der Waals surface area contributed by atoms with Crippen LogP contribution in [0.5, 0.6) is 0 Å². The van der Waals surface area contributed by atoms with E-state index < -0.39 is 29.6 Å². The molecule has 0 aromatic carbocycles. The number of aldehydes is 1. The van der Waals surface area contributed by atoms with Crippen LogP contribution in [0.1, 0.15) is 146 Å². The molecule has 19 heteroatoms. The summed E-state index contributed by atoms with van der Waals surface area (Å²) in [7, 11) is -6.34. The molecule has 378 valence electrons. The fourth-order valence-electron chi connectivity index (χ4n) is 10.1. The smallest absolute Gasteiger partial charge is 1.00 e. The number of aliphatic hydroxyl groups is 1. The van der Waals surface area contributed by atoms with E-state index in [1.54, 1.807) is 0 Å². The standard InChI is InChI=1S/C17H28O2Si.C16H28O3Si.C11H14O2.C5H9N2O2P.CH2O3.2K.H/c1-7-9-17-10-8-13(14(18)12-17)11-15(17)19-20(5,6)16(2,3)4;1-15(2,3)20(4,5)19-14-10-12-6-7-16(14,8-9-17)11-13(12)18;1-2-4-11-5-3-8(6-10(11)13)9(12)7-11;1-4(8)5(7-6)10(2,3)9;2-1-4-3;;;/h1,13,15H,8-12H2,2-6H3;9,12,14H,6-8,10-11H2,1-5H3;1,8,10,13H,3-7H2;1-3H3;1,3H;;;/q;;;;;2*+1;-1/p-1. The summed E-state index contributed by atoms with van der Waals surface area (Å²) in [6.45, 7) is 26.4. The van der Waals surface area contributed by atoms with Crippen molar-refractivity contribution in [3.63, 3.8) is 0 Å². The first-order valence-corrected chi connectivity index (χ1v) is 32.1. The van der Waals surface area contributed by atoms with Gasteiger partial charge in [-0.1, -0.05) is 41.5 Å². The Bertz CT molecular complexity index is 2020. The first-order valence-electron chi connectivity index (χ1n) is 23.6. The van der Waals surface area contributed by atoms with Gasteiger partial charge in [-0.25, -0.2) is 0 Å². The molecular formula is C50H81K2N2O12PSi2. The third-order valence-corrected chi connectivity index (χ3v) is 26.7. The number of hydrogen-bond donors (Lipinski definition) is 1. The quantitative estimate of drug-likeness (QED) is 0.0363. The maximum absolute atomic E-state index is 12.1. The number of nitrogens with zero attached hydrogens (tertiary/aromatic N) is 2. The molecule has 6 bridgehead atoms. The second-order valence-corrected chi connectivity index (χ2v) is 36.0. The van der Waals surface area contributed by atoms with Crippen molar-refractivity contribution in [1.29, 1.82) is 0 Å². The van der Waals surface area contributed by atoms with Gasteiger partial charge in [0.25, 0.3) is 6.47 Å². The molecule has 0 amide bonds. The SMILES string of the molecule is C#CCC12CCC(CC1O)C(=O)C2.C#CCC12CCC(CC1O[Si](C)(C)C(C)(C)C)C(=O)C2.CC(=O)C(=[N+]=[N-])P(C)(C)=O.CC(C)(C)[Si](C)(C)OC1CC2CCC1(CC=O)CC2=O.O=CO[O-].[H-].[K+].[K+]. The van der Waals surface area contributed by atoms with Crippen molar-refractivity contribution >= 4 is 65.1 Å². The van der Waals surface area contributed by atoms with E-state index in [1.165, 1.54) is 20.3 Å². The van der Waals surface area contributed by atoms with E-state index in [2.05, 4.69) is 89.2 Å². The fourth-order valence-corrected chi connectivity index (χ4v) is 13.9. The van der Waals surface area contributed by atoms with Crippen molar-refractivity contribution in [2.24, 2.45) is 34.0 Å². The molecular weight excluding hydrogens is 986 g/mol. The largest absolute Gasteiger partial charge is 1.00 e. The molecule has 0 radical (unpaired) electrons. The predicted octanol–water partition coefficient (Wildman–Crippen LogP) is 2.40. The zero-order valence-electron chi connectivity index (χ0n) is 45.7. The molecule has 1 N–H and O–H groups in total. The molecule has 9 fully saturated rings. The van der Waals surface area contributed by atoms with Gasteiger partial charge < -0.3 is 40.4 Å². The monoisotopic (exact) mass is 1070 g/mol. The molecule has 9 saturated carbocycles. The van der Waals surface area contributed by atoms with Crippen LogP contribution in [0, 0.1) is 58.7 Å². The first-order chi connectivity index (χ1) is 30.7. The number of Topliss-reactive ketones (excluding diaryl/α,β-unsaturated/α-hetero) is 4. The van der Waals surface area contributed by atoms with Gasteiger partial charge in [-0.3, -0.25) is 24.0 Å². The summed E-state index contributed by atoms with van der Waals surface area (Å²) in [6, 6.07) is 0. The summed E-state index contributed by atoms with van der Waals surface area (Å²) in [5.74, 6) is 6.57. The van der Waals surface area contributed by atoms with Crippen molar-refractivity contribution < 1.29 is 166 Å². The number of carbonyl (C=O) groups excluding carboxylic acids is 6. The van der Waals surface area contributed by atoms with E-state index in [-0.39, 0.29) is 179 Å².